The van der Waals surface area contributed by atoms with E-state index in [4.69, 9.17) is 0 Å². The predicted molar refractivity (Wildman–Crippen MR) is 79.4 cm³/mol. The molecule has 1 aliphatic rings. The second kappa shape index (κ2) is 6.71. The molecule has 3 nitrogen and oxygen atoms in total. The van der Waals surface area contributed by atoms with Gasteiger partial charge in [0.15, 0.2) is 0 Å². The average molecular weight is 260 g/mol. The van der Waals surface area contributed by atoms with Gasteiger partial charge in [0.1, 0.15) is 0 Å². The molecule has 0 spiro atoms. The fourth-order valence-electron chi connectivity index (χ4n) is 2.57. The zero-order valence-electron chi connectivity index (χ0n) is 12.0. The van der Waals surface area contributed by atoms with Crippen LogP contribution in [0.5, 0.6) is 0 Å². The number of carbonyl (C=O) groups is 1. The minimum absolute atomic E-state index is 0.126. The van der Waals surface area contributed by atoms with Crippen molar-refractivity contribution in [1.82, 2.24) is 5.32 Å². The first-order valence-electron chi connectivity index (χ1n) is 7.26. The average Bonchev–Trinajstić information content (AvgIpc) is 2.43. The lowest BCUT2D eigenvalue weighted by Crippen LogP contribution is -2.34. The third kappa shape index (κ3) is 4.06. The summed E-state index contributed by atoms with van der Waals surface area (Å²) in [4.78, 5) is 12.0. The van der Waals surface area contributed by atoms with Gasteiger partial charge in [-0.1, -0.05) is 18.6 Å². The lowest BCUT2D eigenvalue weighted by molar-refractivity contribution is -0.116. The van der Waals surface area contributed by atoms with Crippen molar-refractivity contribution in [2.24, 2.45) is 0 Å². The normalized spacial score (nSPS) is 19.2. The number of nitrogens with one attached hydrogen (secondary N) is 2. The number of rotatable bonds is 4. The number of hydrogen-bond donors (Lipinski definition) is 2. The number of amides is 1. The summed E-state index contributed by atoms with van der Waals surface area (Å²) in [5.41, 5.74) is 3.32. The van der Waals surface area contributed by atoms with E-state index in [1.165, 1.54) is 24.8 Å². The van der Waals surface area contributed by atoms with Crippen LogP contribution in [0.15, 0.2) is 18.2 Å². The van der Waals surface area contributed by atoms with Crippen LogP contribution < -0.4 is 10.6 Å². The van der Waals surface area contributed by atoms with Crippen molar-refractivity contribution in [2.45, 2.75) is 52.0 Å². The zero-order chi connectivity index (χ0) is 13.7. The SMILES string of the molecule is Cc1cccc(NC(=O)CCC2CCCCN2)c1C. The van der Waals surface area contributed by atoms with Gasteiger partial charge in [-0.2, -0.15) is 0 Å². The number of hydrogen-bond acceptors (Lipinski definition) is 2. The molecule has 1 fully saturated rings. The topological polar surface area (TPSA) is 41.1 Å². The molecular weight excluding hydrogens is 236 g/mol. The number of anilines is 1. The summed E-state index contributed by atoms with van der Waals surface area (Å²) in [6, 6.07) is 6.55. The predicted octanol–water partition coefficient (Wildman–Crippen LogP) is 3.16. The Labute approximate surface area is 115 Å². The second-order valence-corrected chi connectivity index (χ2v) is 5.48. The third-order valence-electron chi connectivity index (χ3n) is 4.01. The molecule has 1 saturated heterocycles. The Morgan fingerprint density at radius 2 is 2.21 bits per heavy atom. The first-order valence-corrected chi connectivity index (χ1v) is 7.26. The summed E-state index contributed by atoms with van der Waals surface area (Å²) in [7, 11) is 0. The number of aryl methyl sites for hydroxylation is 1. The molecule has 2 rings (SSSR count). The smallest absolute Gasteiger partial charge is 0.224 e. The summed E-state index contributed by atoms with van der Waals surface area (Å²) in [5.74, 6) is 0.126. The van der Waals surface area contributed by atoms with Crippen LogP contribution in [0.4, 0.5) is 5.69 Å². The van der Waals surface area contributed by atoms with Crippen molar-refractivity contribution in [3.8, 4) is 0 Å². The van der Waals surface area contributed by atoms with Crippen molar-refractivity contribution in [3.63, 3.8) is 0 Å². The van der Waals surface area contributed by atoms with Gasteiger partial charge in [0.2, 0.25) is 5.91 Å². The van der Waals surface area contributed by atoms with Crippen LogP contribution in [-0.2, 0) is 4.79 Å². The fraction of sp³-hybridized carbons (Fsp3) is 0.562. The highest BCUT2D eigenvalue weighted by Gasteiger charge is 2.14. The van der Waals surface area contributed by atoms with Gasteiger partial charge in [-0.3, -0.25) is 4.79 Å². The molecule has 0 aliphatic carbocycles. The van der Waals surface area contributed by atoms with Crippen LogP contribution in [-0.4, -0.2) is 18.5 Å². The Morgan fingerprint density at radius 1 is 1.37 bits per heavy atom. The van der Waals surface area contributed by atoms with E-state index in [2.05, 4.69) is 23.6 Å². The van der Waals surface area contributed by atoms with Crippen molar-refractivity contribution < 1.29 is 4.79 Å². The van der Waals surface area contributed by atoms with Crippen LogP contribution in [0.1, 0.15) is 43.2 Å². The molecule has 1 aliphatic heterocycles. The van der Waals surface area contributed by atoms with Crippen molar-refractivity contribution in [3.05, 3.63) is 29.3 Å². The van der Waals surface area contributed by atoms with E-state index >= 15 is 0 Å². The largest absolute Gasteiger partial charge is 0.326 e. The molecule has 19 heavy (non-hydrogen) atoms. The van der Waals surface area contributed by atoms with E-state index in [0.29, 0.717) is 12.5 Å². The molecule has 0 saturated carbocycles. The molecule has 1 atom stereocenters. The van der Waals surface area contributed by atoms with Gasteiger partial charge < -0.3 is 10.6 Å². The van der Waals surface area contributed by atoms with Crippen LogP contribution in [0.25, 0.3) is 0 Å². The molecular formula is C16H24N2O. The van der Waals surface area contributed by atoms with Crippen molar-refractivity contribution in [1.29, 1.82) is 0 Å². The summed E-state index contributed by atoms with van der Waals surface area (Å²) in [5, 5.41) is 6.50. The Bertz CT molecular complexity index is 436. The molecule has 0 radical (unpaired) electrons. The Hall–Kier alpha value is -1.35. The molecule has 104 valence electrons. The lowest BCUT2D eigenvalue weighted by Gasteiger charge is -2.23. The summed E-state index contributed by atoms with van der Waals surface area (Å²) in [6.45, 7) is 5.22. The molecule has 0 bridgehead atoms. The monoisotopic (exact) mass is 260 g/mol. The Morgan fingerprint density at radius 3 is 2.95 bits per heavy atom. The molecule has 1 amide bonds. The molecule has 3 heteroatoms. The highest BCUT2D eigenvalue weighted by molar-refractivity contribution is 5.91. The van der Waals surface area contributed by atoms with Crippen molar-refractivity contribution in [2.75, 3.05) is 11.9 Å². The van der Waals surface area contributed by atoms with E-state index in [1.54, 1.807) is 0 Å². The Balaban J connectivity index is 1.82. The maximum absolute atomic E-state index is 12.0. The van der Waals surface area contributed by atoms with E-state index in [9.17, 15) is 4.79 Å². The molecule has 2 N–H and O–H groups in total. The van der Waals surface area contributed by atoms with Crippen LogP contribution in [0.2, 0.25) is 0 Å². The minimum Gasteiger partial charge on any atom is -0.326 e. The van der Waals surface area contributed by atoms with Gasteiger partial charge in [-0.15, -0.1) is 0 Å². The highest BCUT2D eigenvalue weighted by Crippen LogP contribution is 2.19. The Kier molecular flexibility index (Phi) is 4.97. The molecule has 1 unspecified atom stereocenters. The third-order valence-corrected chi connectivity index (χ3v) is 4.01. The quantitative estimate of drug-likeness (QED) is 0.873. The van der Waals surface area contributed by atoms with Crippen LogP contribution in [0.3, 0.4) is 0 Å². The maximum atomic E-state index is 12.0. The molecule has 0 aromatic heterocycles. The van der Waals surface area contributed by atoms with Crippen molar-refractivity contribution >= 4 is 11.6 Å². The van der Waals surface area contributed by atoms with E-state index in [0.717, 1.165) is 24.2 Å². The molecule has 1 heterocycles. The lowest BCUT2D eigenvalue weighted by atomic mass is 10.0. The summed E-state index contributed by atoms with van der Waals surface area (Å²) in [6.07, 6.45) is 5.31. The molecule has 1 aromatic carbocycles. The first kappa shape index (κ1) is 14.1. The van der Waals surface area contributed by atoms with Crippen LogP contribution >= 0.6 is 0 Å². The standard InChI is InChI=1S/C16H24N2O/c1-12-6-5-8-15(13(12)2)18-16(19)10-9-14-7-3-4-11-17-14/h5-6,8,14,17H,3-4,7,9-11H2,1-2H3,(H,18,19). The van der Waals surface area contributed by atoms with Gasteiger partial charge in [0, 0.05) is 18.2 Å². The number of benzene rings is 1. The second-order valence-electron chi connectivity index (χ2n) is 5.48. The number of piperidine rings is 1. The fourth-order valence-corrected chi connectivity index (χ4v) is 2.57. The van der Waals surface area contributed by atoms with Crippen LogP contribution in [0, 0.1) is 13.8 Å². The summed E-state index contributed by atoms with van der Waals surface area (Å²) < 4.78 is 0. The van der Waals surface area contributed by atoms with E-state index in [1.807, 2.05) is 19.1 Å². The number of carbonyl (C=O) groups excluding carboxylic acids is 1. The maximum Gasteiger partial charge on any atom is 0.224 e. The van der Waals surface area contributed by atoms with Gasteiger partial charge in [0.05, 0.1) is 0 Å². The summed E-state index contributed by atoms with van der Waals surface area (Å²) >= 11 is 0. The highest BCUT2D eigenvalue weighted by atomic mass is 16.1. The van der Waals surface area contributed by atoms with E-state index in [-0.39, 0.29) is 5.91 Å². The minimum atomic E-state index is 0.126. The van der Waals surface area contributed by atoms with E-state index < -0.39 is 0 Å². The van der Waals surface area contributed by atoms with Gasteiger partial charge in [0.25, 0.3) is 0 Å². The van der Waals surface area contributed by atoms with Gasteiger partial charge in [-0.05, 0) is 56.8 Å². The van der Waals surface area contributed by atoms with Gasteiger partial charge >= 0.3 is 0 Å². The zero-order valence-corrected chi connectivity index (χ0v) is 12.0. The first-order chi connectivity index (χ1) is 9.16. The molecule has 1 aromatic rings. The van der Waals surface area contributed by atoms with Gasteiger partial charge in [-0.25, -0.2) is 0 Å².